The lowest BCUT2D eigenvalue weighted by Crippen LogP contribution is -2.35. The van der Waals surface area contributed by atoms with Gasteiger partial charge in [-0.1, -0.05) is 38.1 Å². The molecule has 3 nitrogen and oxygen atoms in total. The van der Waals surface area contributed by atoms with E-state index in [1.165, 1.54) is 31.5 Å². The molecule has 0 aliphatic carbocycles. The zero-order chi connectivity index (χ0) is 15.9. The minimum Gasteiger partial charge on any atom is -0.344 e. The highest BCUT2D eigenvalue weighted by Gasteiger charge is 2.14. The van der Waals surface area contributed by atoms with Crippen molar-refractivity contribution in [3.8, 4) is 0 Å². The summed E-state index contributed by atoms with van der Waals surface area (Å²) in [6, 6.07) is 8.52. The molecule has 1 aliphatic heterocycles. The molecule has 0 atom stereocenters. The van der Waals surface area contributed by atoms with Crippen LogP contribution in [-0.4, -0.2) is 48.9 Å². The fourth-order valence-electron chi connectivity index (χ4n) is 3.00. The Balaban J connectivity index is 1.77. The van der Waals surface area contributed by atoms with E-state index in [0.29, 0.717) is 12.3 Å². The van der Waals surface area contributed by atoms with E-state index in [4.69, 9.17) is 0 Å². The molecule has 1 heterocycles. The Morgan fingerprint density at radius 1 is 1.14 bits per heavy atom. The second-order valence-corrected chi connectivity index (χ2v) is 6.96. The van der Waals surface area contributed by atoms with Gasteiger partial charge < -0.3 is 9.80 Å². The molecule has 0 radical (unpaired) electrons. The number of amides is 1. The van der Waals surface area contributed by atoms with Crippen molar-refractivity contribution in [3.63, 3.8) is 0 Å². The number of likely N-dealkylation sites (N-methyl/N-ethyl adjacent to an activating group) is 1. The van der Waals surface area contributed by atoms with Crippen LogP contribution in [0.2, 0.25) is 0 Å². The van der Waals surface area contributed by atoms with Crippen LogP contribution in [0.3, 0.4) is 0 Å². The minimum atomic E-state index is 0.218. The molecule has 122 valence electrons. The molecule has 1 saturated heterocycles. The number of hydrogen-bond donors (Lipinski definition) is 0. The molecule has 1 aromatic carbocycles. The molecule has 2 rings (SSSR count). The van der Waals surface area contributed by atoms with Gasteiger partial charge in [-0.25, -0.2) is 0 Å². The van der Waals surface area contributed by atoms with E-state index in [1.807, 2.05) is 11.9 Å². The smallest absolute Gasteiger partial charge is 0.226 e. The zero-order valence-corrected chi connectivity index (χ0v) is 14.3. The van der Waals surface area contributed by atoms with Crippen LogP contribution in [0, 0.1) is 5.92 Å². The van der Waals surface area contributed by atoms with Gasteiger partial charge in [0.25, 0.3) is 0 Å². The van der Waals surface area contributed by atoms with Gasteiger partial charge in [-0.15, -0.1) is 0 Å². The Hall–Kier alpha value is -1.35. The van der Waals surface area contributed by atoms with Crippen LogP contribution in [0.1, 0.15) is 37.8 Å². The standard InChI is InChI=1S/C19H30N2O/c1-16(2)14-17-6-8-18(9-7-17)15-19(22)20(3)12-13-21-10-4-5-11-21/h6-9,16H,4-5,10-15H2,1-3H3. The van der Waals surface area contributed by atoms with Crippen LogP contribution in [0.15, 0.2) is 24.3 Å². The van der Waals surface area contributed by atoms with E-state index in [-0.39, 0.29) is 5.91 Å². The number of rotatable bonds is 7. The lowest BCUT2D eigenvalue weighted by atomic mass is 10.0. The Morgan fingerprint density at radius 2 is 1.73 bits per heavy atom. The fourth-order valence-corrected chi connectivity index (χ4v) is 3.00. The van der Waals surface area contributed by atoms with Gasteiger partial charge in [0.05, 0.1) is 6.42 Å². The Kier molecular flexibility index (Phi) is 6.44. The third-order valence-corrected chi connectivity index (χ3v) is 4.40. The van der Waals surface area contributed by atoms with Crippen molar-refractivity contribution in [3.05, 3.63) is 35.4 Å². The molecule has 1 fully saturated rings. The molecule has 0 aromatic heterocycles. The topological polar surface area (TPSA) is 23.6 Å². The lowest BCUT2D eigenvalue weighted by molar-refractivity contribution is -0.129. The molecule has 0 unspecified atom stereocenters. The van der Waals surface area contributed by atoms with E-state index in [1.54, 1.807) is 0 Å². The normalized spacial score (nSPS) is 15.5. The maximum atomic E-state index is 12.3. The molecule has 0 N–H and O–H groups in total. The van der Waals surface area contributed by atoms with E-state index in [0.717, 1.165) is 25.1 Å². The van der Waals surface area contributed by atoms with Gasteiger partial charge in [-0.2, -0.15) is 0 Å². The van der Waals surface area contributed by atoms with Crippen molar-refractivity contribution in [1.29, 1.82) is 0 Å². The second-order valence-electron chi connectivity index (χ2n) is 6.96. The van der Waals surface area contributed by atoms with Gasteiger partial charge >= 0.3 is 0 Å². The Bertz CT molecular complexity index is 461. The number of likely N-dealkylation sites (tertiary alicyclic amines) is 1. The van der Waals surface area contributed by atoms with E-state index >= 15 is 0 Å². The maximum absolute atomic E-state index is 12.3. The number of carbonyl (C=O) groups is 1. The summed E-state index contributed by atoms with van der Waals surface area (Å²) < 4.78 is 0. The van der Waals surface area contributed by atoms with Crippen molar-refractivity contribution in [2.24, 2.45) is 5.92 Å². The quantitative estimate of drug-likeness (QED) is 0.773. The maximum Gasteiger partial charge on any atom is 0.226 e. The molecule has 1 amide bonds. The Morgan fingerprint density at radius 3 is 2.32 bits per heavy atom. The largest absolute Gasteiger partial charge is 0.344 e. The predicted molar refractivity (Wildman–Crippen MR) is 92.0 cm³/mol. The second kappa shape index (κ2) is 8.33. The van der Waals surface area contributed by atoms with Gasteiger partial charge in [0, 0.05) is 20.1 Å². The number of carbonyl (C=O) groups excluding carboxylic acids is 1. The third-order valence-electron chi connectivity index (χ3n) is 4.40. The van der Waals surface area contributed by atoms with Crippen molar-refractivity contribution >= 4 is 5.91 Å². The van der Waals surface area contributed by atoms with Crippen molar-refractivity contribution < 1.29 is 4.79 Å². The van der Waals surface area contributed by atoms with E-state index < -0.39 is 0 Å². The molecule has 22 heavy (non-hydrogen) atoms. The highest BCUT2D eigenvalue weighted by Crippen LogP contribution is 2.11. The van der Waals surface area contributed by atoms with Crippen LogP contribution in [0.4, 0.5) is 0 Å². The summed E-state index contributed by atoms with van der Waals surface area (Å²) in [4.78, 5) is 16.6. The van der Waals surface area contributed by atoms with E-state index in [2.05, 4.69) is 43.0 Å². The average molecular weight is 302 g/mol. The molecule has 1 aromatic rings. The molecular formula is C19H30N2O. The van der Waals surface area contributed by atoms with Gasteiger partial charge in [-0.3, -0.25) is 4.79 Å². The summed E-state index contributed by atoms with van der Waals surface area (Å²) in [5, 5.41) is 0. The van der Waals surface area contributed by atoms with Crippen LogP contribution in [-0.2, 0) is 17.6 Å². The molecule has 0 spiro atoms. The zero-order valence-electron chi connectivity index (χ0n) is 14.3. The summed E-state index contributed by atoms with van der Waals surface area (Å²) in [6.07, 6.45) is 4.23. The number of benzene rings is 1. The monoisotopic (exact) mass is 302 g/mol. The van der Waals surface area contributed by atoms with Gasteiger partial charge in [0.2, 0.25) is 5.91 Å². The SMILES string of the molecule is CC(C)Cc1ccc(CC(=O)N(C)CCN2CCCC2)cc1. The van der Waals surface area contributed by atoms with Gasteiger partial charge in [0.1, 0.15) is 0 Å². The van der Waals surface area contributed by atoms with Gasteiger partial charge in [-0.05, 0) is 49.4 Å². The third kappa shape index (κ3) is 5.45. The minimum absolute atomic E-state index is 0.218. The predicted octanol–water partition coefficient (Wildman–Crippen LogP) is 2.98. The first kappa shape index (κ1) is 17.0. The number of nitrogens with zero attached hydrogens (tertiary/aromatic N) is 2. The average Bonchev–Trinajstić information content (AvgIpc) is 2.99. The summed E-state index contributed by atoms with van der Waals surface area (Å²) in [6.45, 7) is 8.69. The molecule has 0 saturated carbocycles. The number of hydrogen-bond acceptors (Lipinski definition) is 2. The van der Waals surface area contributed by atoms with Crippen LogP contribution in [0.25, 0.3) is 0 Å². The first-order chi connectivity index (χ1) is 10.5. The summed E-state index contributed by atoms with van der Waals surface area (Å²) in [7, 11) is 1.92. The van der Waals surface area contributed by atoms with Crippen LogP contribution < -0.4 is 0 Å². The van der Waals surface area contributed by atoms with Crippen LogP contribution in [0.5, 0.6) is 0 Å². The first-order valence-electron chi connectivity index (χ1n) is 8.58. The molecular weight excluding hydrogens is 272 g/mol. The van der Waals surface area contributed by atoms with Crippen LogP contribution >= 0.6 is 0 Å². The lowest BCUT2D eigenvalue weighted by Gasteiger charge is -2.21. The fraction of sp³-hybridized carbons (Fsp3) is 0.632. The highest BCUT2D eigenvalue weighted by molar-refractivity contribution is 5.78. The molecule has 3 heteroatoms. The van der Waals surface area contributed by atoms with Crippen molar-refractivity contribution in [2.75, 3.05) is 33.2 Å². The van der Waals surface area contributed by atoms with E-state index in [9.17, 15) is 4.79 Å². The molecule has 1 aliphatic rings. The van der Waals surface area contributed by atoms with Gasteiger partial charge in [0.15, 0.2) is 0 Å². The molecule has 0 bridgehead atoms. The Labute approximate surface area is 135 Å². The van der Waals surface area contributed by atoms with Crippen molar-refractivity contribution in [2.45, 2.75) is 39.5 Å². The van der Waals surface area contributed by atoms with Crippen molar-refractivity contribution in [1.82, 2.24) is 9.80 Å². The summed E-state index contributed by atoms with van der Waals surface area (Å²) >= 11 is 0. The summed E-state index contributed by atoms with van der Waals surface area (Å²) in [5.41, 5.74) is 2.47. The summed E-state index contributed by atoms with van der Waals surface area (Å²) in [5.74, 6) is 0.889. The first-order valence-corrected chi connectivity index (χ1v) is 8.58. The highest BCUT2D eigenvalue weighted by atomic mass is 16.2.